The van der Waals surface area contributed by atoms with Crippen molar-refractivity contribution in [2.45, 2.75) is 25.8 Å². The summed E-state index contributed by atoms with van der Waals surface area (Å²) < 4.78 is 14.3. The van der Waals surface area contributed by atoms with Crippen LogP contribution in [-0.2, 0) is 0 Å². The Bertz CT molecular complexity index is 407. The molecule has 2 nitrogen and oxygen atoms in total. The highest BCUT2D eigenvalue weighted by Gasteiger charge is 2.28. The van der Waals surface area contributed by atoms with Crippen LogP contribution in [0.4, 0.5) is 4.39 Å². The van der Waals surface area contributed by atoms with Crippen molar-refractivity contribution < 1.29 is 4.39 Å². The Labute approximate surface area is 116 Å². The fraction of sp³-hybridized carbons (Fsp3) is 0.571. The quantitative estimate of drug-likeness (QED) is 0.872. The van der Waals surface area contributed by atoms with Gasteiger partial charge in [0.25, 0.3) is 0 Å². The van der Waals surface area contributed by atoms with Gasteiger partial charge >= 0.3 is 0 Å². The van der Waals surface area contributed by atoms with E-state index in [0.717, 1.165) is 29.0 Å². The van der Waals surface area contributed by atoms with Gasteiger partial charge in [0.1, 0.15) is 5.82 Å². The minimum atomic E-state index is -0.200. The third-order valence-electron chi connectivity index (χ3n) is 3.58. The van der Waals surface area contributed by atoms with Crippen LogP contribution in [0.15, 0.2) is 22.7 Å². The molecule has 2 rings (SSSR count). The first-order chi connectivity index (χ1) is 8.65. The molecule has 0 spiro atoms. The van der Waals surface area contributed by atoms with E-state index in [1.54, 1.807) is 12.1 Å². The number of benzene rings is 1. The average Bonchev–Trinajstić information content (AvgIpc) is 3.17. The molecule has 0 saturated heterocycles. The summed E-state index contributed by atoms with van der Waals surface area (Å²) >= 11 is 3.50. The van der Waals surface area contributed by atoms with Crippen molar-refractivity contribution in [2.24, 2.45) is 11.7 Å². The minimum absolute atomic E-state index is 0.0978. The van der Waals surface area contributed by atoms with E-state index in [-0.39, 0.29) is 11.9 Å². The molecule has 1 atom stereocenters. The highest BCUT2D eigenvalue weighted by Crippen LogP contribution is 2.34. The van der Waals surface area contributed by atoms with E-state index < -0.39 is 0 Å². The Balaban J connectivity index is 2.21. The smallest absolute Gasteiger partial charge is 0.123 e. The molecule has 0 aromatic heterocycles. The van der Waals surface area contributed by atoms with Gasteiger partial charge in [-0.3, -0.25) is 4.90 Å². The Morgan fingerprint density at radius 1 is 1.50 bits per heavy atom. The molecule has 0 radical (unpaired) electrons. The van der Waals surface area contributed by atoms with Crippen molar-refractivity contribution in [3.05, 3.63) is 34.1 Å². The van der Waals surface area contributed by atoms with Crippen LogP contribution in [0.25, 0.3) is 0 Å². The van der Waals surface area contributed by atoms with Crippen LogP contribution >= 0.6 is 15.9 Å². The van der Waals surface area contributed by atoms with Crippen LogP contribution < -0.4 is 5.73 Å². The van der Waals surface area contributed by atoms with Crippen LogP contribution in [0.3, 0.4) is 0 Å². The molecule has 100 valence electrons. The Morgan fingerprint density at radius 3 is 2.78 bits per heavy atom. The van der Waals surface area contributed by atoms with Crippen molar-refractivity contribution in [2.75, 3.05) is 19.6 Å². The van der Waals surface area contributed by atoms with Crippen LogP contribution in [-0.4, -0.2) is 24.5 Å². The van der Waals surface area contributed by atoms with Crippen molar-refractivity contribution in [3.8, 4) is 0 Å². The van der Waals surface area contributed by atoms with Gasteiger partial charge in [0.15, 0.2) is 0 Å². The predicted molar refractivity (Wildman–Crippen MR) is 75.9 cm³/mol. The van der Waals surface area contributed by atoms with Crippen LogP contribution in [0.1, 0.15) is 31.4 Å². The molecule has 1 saturated carbocycles. The minimum Gasteiger partial charge on any atom is -0.329 e. The third kappa shape index (κ3) is 3.31. The lowest BCUT2D eigenvalue weighted by atomic mass is 10.0. The second-order valence-electron chi connectivity index (χ2n) is 4.95. The molecule has 2 N–H and O–H groups in total. The summed E-state index contributed by atoms with van der Waals surface area (Å²) in [6, 6.07) is 4.93. The molecule has 0 amide bonds. The monoisotopic (exact) mass is 314 g/mol. The summed E-state index contributed by atoms with van der Waals surface area (Å²) in [4.78, 5) is 2.36. The third-order valence-corrected chi connectivity index (χ3v) is 4.30. The number of likely N-dealkylation sites (N-methyl/N-ethyl adjacent to an activating group) is 1. The zero-order valence-electron chi connectivity index (χ0n) is 10.7. The second-order valence-corrected chi connectivity index (χ2v) is 5.80. The number of nitrogens with two attached hydrogens (primary N) is 1. The topological polar surface area (TPSA) is 29.3 Å². The molecule has 1 aliphatic carbocycles. The largest absolute Gasteiger partial charge is 0.329 e. The average molecular weight is 315 g/mol. The van der Waals surface area contributed by atoms with Gasteiger partial charge in [0.2, 0.25) is 0 Å². The molecule has 1 aromatic carbocycles. The number of halogens is 2. The standard InChI is InChI=1S/C14H20BrFN2/c1-2-18(9-10-3-4-10)14(8-17)12-7-11(16)5-6-13(12)15/h5-7,10,14H,2-4,8-9,17H2,1H3. The van der Waals surface area contributed by atoms with Gasteiger partial charge in [-0.05, 0) is 49.1 Å². The number of rotatable bonds is 6. The maximum atomic E-state index is 13.4. The normalized spacial score (nSPS) is 17.2. The molecule has 0 heterocycles. The Hall–Kier alpha value is -0.450. The molecule has 0 bridgehead atoms. The van der Waals surface area contributed by atoms with Crippen molar-refractivity contribution in [3.63, 3.8) is 0 Å². The predicted octanol–water partition coefficient (Wildman–Crippen LogP) is 3.32. The second kappa shape index (κ2) is 6.13. The molecule has 18 heavy (non-hydrogen) atoms. The van der Waals surface area contributed by atoms with Gasteiger partial charge in [0.05, 0.1) is 0 Å². The summed E-state index contributed by atoms with van der Waals surface area (Å²) in [5.74, 6) is 0.612. The fourth-order valence-electron chi connectivity index (χ4n) is 2.35. The number of nitrogens with zero attached hydrogens (tertiary/aromatic N) is 1. The van der Waals surface area contributed by atoms with Gasteiger partial charge in [-0.25, -0.2) is 4.39 Å². The van der Waals surface area contributed by atoms with E-state index in [9.17, 15) is 4.39 Å². The first kappa shape index (κ1) is 14.0. The van der Waals surface area contributed by atoms with Crippen LogP contribution in [0, 0.1) is 11.7 Å². The molecule has 1 fully saturated rings. The van der Waals surface area contributed by atoms with Crippen molar-refractivity contribution in [1.29, 1.82) is 0 Å². The van der Waals surface area contributed by atoms with Gasteiger partial charge in [0, 0.05) is 23.6 Å². The van der Waals surface area contributed by atoms with Crippen LogP contribution in [0.2, 0.25) is 0 Å². The molecule has 0 aliphatic heterocycles. The fourth-order valence-corrected chi connectivity index (χ4v) is 2.86. The van der Waals surface area contributed by atoms with Crippen molar-refractivity contribution >= 4 is 15.9 Å². The molecule has 1 aromatic rings. The number of hydrogen-bond acceptors (Lipinski definition) is 2. The maximum Gasteiger partial charge on any atom is 0.123 e. The lowest BCUT2D eigenvalue weighted by molar-refractivity contribution is 0.202. The maximum absolute atomic E-state index is 13.4. The molecule has 4 heteroatoms. The summed E-state index contributed by atoms with van der Waals surface area (Å²) in [6.45, 7) is 4.67. The Morgan fingerprint density at radius 2 is 2.22 bits per heavy atom. The van der Waals surface area contributed by atoms with E-state index >= 15 is 0 Å². The Kier molecular flexibility index (Phi) is 4.76. The van der Waals surface area contributed by atoms with E-state index in [1.807, 2.05) is 0 Å². The first-order valence-corrected chi connectivity index (χ1v) is 7.34. The van der Waals surface area contributed by atoms with Crippen molar-refractivity contribution in [1.82, 2.24) is 4.90 Å². The SMILES string of the molecule is CCN(CC1CC1)C(CN)c1cc(F)ccc1Br. The summed E-state index contributed by atoms with van der Waals surface area (Å²) in [5, 5.41) is 0. The zero-order chi connectivity index (χ0) is 13.1. The summed E-state index contributed by atoms with van der Waals surface area (Å²) in [7, 11) is 0. The van der Waals surface area contributed by atoms with Crippen LogP contribution in [0.5, 0.6) is 0 Å². The summed E-state index contributed by atoms with van der Waals surface area (Å²) in [6.07, 6.45) is 2.64. The summed E-state index contributed by atoms with van der Waals surface area (Å²) in [5.41, 5.74) is 6.87. The lowest BCUT2D eigenvalue weighted by Crippen LogP contribution is -2.35. The molecule has 1 aliphatic rings. The first-order valence-electron chi connectivity index (χ1n) is 6.54. The molecular weight excluding hydrogens is 295 g/mol. The zero-order valence-corrected chi connectivity index (χ0v) is 12.3. The van der Waals surface area contributed by atoms with Gasteiger partial charge in [-0.1, -0.05) is 22.9 Å². The van der Waals surface area contributed by atoms with E-state index in [0.29, 0.717) is 6.54 Å². The lowest BCUT2D eigenvalue weighted by Gasteiger charge is -2.31. The van der Waals surface area contributed by atoms with Gasteiger partial charge < -0.3 is 5.73 Å². The van der Waals surface area contributed by atoms with E-state index in [4.69, 9.17) is 5.73 Å². The molecule has 1 unspecified atom stereocenters. The van der Waals surface area contributed by atoms with Gasteiger partial charge in [-0.2, -0.15) is 0 Å². The van der Waals surface area contributed by atoms with Gasteiger partial charge in [-0.15, -0.1) is 0 Å². The highest BCUT2D eigenvalue weighted by atomic mass is 79.9. The van der Waals surface area contributed by atoms with E-state index in [2.05, 4.69) is 27.8 Å². The molecular formula is C14H20BrFN2. The van der Waals surface area contributed by atoms with E-state index in [1.165, 1.54) is 18.9 Å². The number of hydrogen-bond donors (Lipinski definition) is 1. The highest BCUT2D eigenvalue weighted by molar-refractivity contribution is 9.10.